The number of esters is 1. The van der Waals surface area contributed by atoms with Crippen LogP contribution in [-0.2, 0) is 20.9 Å². The topological polar surface area (TPSA) is 75.7 Å². The monoisotopic (exact) mass is 386 g/mol. The number of likely N-dealkylation sites (N-methyl/N-ethyl adjacent to an activating group) is 1. The van der Waals surface area contributed by atoms with Gasteiger partial charge >= 0.3 is 5.97 Å². The summed E-state index contributed by atoms with van der Waals surface area (Å²) in [5, 5.41) is 3.41. The molecule has 1 saturated carbocycles. The Hall–Kier alpha value is -2.67. The molecule has 0 saturated heterocycles. The van der Waals surface area contributed by atoms with E-state index in [2.05, 4.69) is 5.32 Å². The molecule has 1 unspecified atom stereocenters. The maximum absolute atomic E-state index is 12.4. The van der Waals surface area contributed by atoms with Crippen LogP contribution in [0.2, 0.25) is 0 Å². The average molecular weight is 386 g/mol. The Morgan fingerprint density at radius 2 is 1.89 bits per heavy atom. The van der Waals surface area contributed by atoms with Gasteiger partial charge in [-0.2, -0.15) is 0 Å². The second-order valence-corrected chi connectivity index (χ2v) is 7.74. The maximum Gasteiger partial charge on any atom is 0.349 e. The van der Waals surface area contributed by atoms with Crippen molar-refractivity contribution in [3.63, 3.8) is 0 Å². The van der Waals surface area contributed by atoms with Gasteiger partial charge in [-0.15, -0.1) is 11.3 Å². The molecule has 27 heavy (non-hydrogen) atoms. The first kappa shape index (κ1) is 19.1. The summed E-state index contributed by atoms with van der Waals surface area (Å²) in [6.45, 7) is 2.00. The molecular formula is C20H22N2O4S. The number of ether oxygens (including phenoxy) is 1. The van der Waals surface area contributed by atoms with Crippen molar-refractivity contribution in [2.45, 2.75) is 32.4 Å². The molecule has 1 aromatic heterocycles. The van der Waals surface area contributed by atoms with Gasteiger partial charge in [0.2, 0.25) is 5.91 Å². The summed E-state index contributed by atoms with van der Waals surface area (Å²) in [5.74, 6) is -0.755. The number of carbonyl (C=O) groups excluding carboxylic acids is 3. The molecule has 7 heteroatoms. The fourth-order valence-corrected chi connectivity index (χ4v) is 3.39. The highest BCUT2D eigenvalue weighted by molar-refractivity contribution is 7.18. The molecule has 1 N–H and O–H groups in total. The molecule has 2 aromatic rings. The van der Waals surface area contributed by atoms with E-state index in [4.69, 9.17) is 4.74 Å². The third kappa shape index (κ3) is 5.17. The zero-order chi connectivity index (χ0) is 19.4. The van der Waals surface area contributed by atoms with Gasteiger partial charge in [0, 0.05) is 19.5 Å². The Kier molecular flexibility index (Phi) is 5.91. The van der Waals surface area contributed by atoms with E-state index in [-0.39, 0.29) is 17.7 Å². The molecular weight excluding hydrogens is 364 g/mol. The van der Waals surface area contributed by atoms with Crippen molar-refractivity contribution in [2.24, 2.45) is 5.92 Å². The second-order valence-electron chi connectivity index (χ2n) is 6.65. The Morgan fingerprint density at radius 1 is 1.19 bits per heavy atom. The fraction of sp³-hybridized carbons (Fsp3) is 0.350. The molecule has 0 aliphatic heterocycles. The van der Waals surface area contributed by atoms with Crippen molar-refractivity contribution in [3.05, 3.63) is 52.9 Å². The van der Waals surface area contributed by atoms with Crippen LogP contribution in [-0.4, -0.2) is 35.8 Å². The first-order chi connectivity index (χ1) is 12.9. The summed E-state index contributed by atoms with van der Waals surface area (Å²) in [7, 11) is 1.68. The van der Waals surface area contributed by atoms with Gasteiger partial charge < -0.3 is 15.0 Å². The zero-order valence-corrected chi connectivity index (χ0v) is 16.1. The SMILES string of the molecule is CC(OC(=O)c1ccc(NC(=O)C2CC2)s1)C(=O)N(C)Cc1ccccc1. The number of rotatable bonds is 7. The van der Waals surface area contributed by atoms with Crippen LogP contribution >= 0.6 is 11.3 Å². The summed E-state index contributed by atoms with van der Waals surface area (Å²) in [6, 6.07) is 12.9. The van der Waals surface area contributed by atoms with Crippen molar-refractivity contribution in [1.29, 1.82) is 0 Å². The lowest BCUT2D eigenvalue weighted by atomic mass is 10.2. The normalized spacial score (nSPS) is 14.3. The lowest BCUT2D eigenvalue weighted by molar-refractivity contribution is -0.139. The predicted molar refractivity (Wildman–Crippen MR) is 103 cm³/mol. The molecule has 0 spiro atoms. The molecule has 1 aliphatic carbocycles. The summed E-state index contributed by atoms with van der Waals surface area (Å²) in [5.41, 5.74) is 1.00. The largest absolute Gasteiger partial charge is 0.448 e. The van der Waals surface area contributed by atoms with Crippen LogP contribution < -0.4 is 5.32 Å². The zero-order valence-electron chi connectivity index (χ0n) is 15.3. The van der Waals surface area contributed by atoms with Crippen molar-refractivity contribution < 1.29 is 19.1 Å². The second kappa shape index (κ2) is 8.35. The van der Waals surface area contributed by atoms with Crippen LogP contribution in [0, 0.1) is 5.92 Å². The molecule has 3 rings (SSSR count). The summed E-state index contributed by atoms with van der Waals surface area (Å²) < 4.78 is 5.30. The van der Waals surface area contributed by atoms with Crippen LogP contribution in [0.4, 0.5) is 5.00 Å². The molecule has 0 radical (unpaired) electrons. The van der Waals surface area contributed by atoms with Gasteiger partial charge in [0.15, 0.2) is 6.10 Å². The van der Waals surface area contributed by atoms with E-state index in [0.29, 0.717) is 16.4 Å². The molecule has 1 aliphatic rings. The van der Waals surface area contributed by atoms with Gasteiger partial charge in [-0.3, -0.25) is 9.59 Å². The van der Waals surface area contributed by atoms with Gasteiger partial charge in [-0.25, -0.2) is 4.79 Å². The molecule has 6 nitrogen and oxygen atoms in total. The van der Waals surface area contributed by atoms with Gasteiger partial charge in [0.25, 0.3) is 5.91 Å². The third-order valence-corrected chi connectivity index (χ3v) is 5.25. The molecule has 1 fully saturated rings. The smallest absolute Gasteiger partial charge is 0.349 e. The summed E-state index contributed by atoms with van der Waals surface area (Å²) in [4.78, 5) is 38.4. The molecule has 142 valence electrons. The lowest BCUT2D eigenvalue weighted by Gasteiger charge is -2.21. The Labute approximate surface area is 162 Å². The summed E-state index contributed by atoms with van der Waals surface area (Å²) >= 11 is 1.15. The number of benzene rings is 1. The highest BCUT2D eigenvalue weighted by Gasteiger charge is 2.30. The third-order valence-electron chi connectivity index (χ3n) is 4.27. The van der Waals surface area contributed by atoms with Crippen molar-refractivity contribution in [1.82, 2.24) is 4.90 Å². The van der Waals surface area contributed by atoms with Crippen molar-refractivity contribution >= 4 is 34.1 Å². The van der Waals surface area contributed by atoms with Gasteiger partial charge in [-0.1, -0.05) is 30.3 Å². The standard InChI is InChI=1S/C20H22N2O4S/c1-13(19(24)22(2)12-14-6-4-3-5-7-14)26-20(25)16-10-11-17(27-16)21-18(23)15-8-9-15/h3-7,10-11,13,15H,8-9,12H2,1-2H3,(H,21,23). The molecule has 1 heterocycles. The molecule has 2 amide bonds. The van der Waals surface area contributed by atoms with Gasteiger partial charge in [0.1, 0.15) is 4.88 Å². The molecule has 0 bridgehead atoms. The van der Waals surface area contributed by atoms with E-state index in [9.17, 15) is 14.4 Å². The van der Waals surface area contributed by atoms with Crippen LogP contribution in [0.3, 0.4) is 0 Å². The quantitative estimate of drug-likeness (QED) is 0.741. The number of hydrogen-bond donors (Lipinski definition) is 1. The first-order valence-electron chi connectivity index (χ1n) is 8.84. The number of hydrogen-bond acceptors (Lipinski definition) is 5. The van der Waals surface area contributed by atoms with E-state index in [0.717, 1.165) is 29.7 Å². The van der Waals surface area contributed by atoms with Crippen LogP contribution in [0.5, 0.6) is 0 Å². The van der Waals surface area contributed by atoms with Crippen LogP contribution in [0.1, 0.15) is 35.0 Å². The van der Waals surface area contributed by atoms with E-state index in [1.165, 1.54) is 4.90 Å². The van der Waals surface area contributed by atoms with Crippen LogP contribution in [0.25, 0.3) is 0 Å². The van der Waals surface area contributed by atoms with Gasteiger partial charge in [-0.05, 0) is 37.5 Å². The Bertz CT molecular complexity index is 830. The van der Waals surface area contributed by atoms with Gasteiger partial charge in [0.05, 0.1) is 5.00 Å². The highest BCUT2D eigenvalue weighted by Crippen LogP contribution is 2.31. The maximum atomic E-state index is 12.4. The minimum absolute atomic E-state index is 0.0113. The number of amides is 2. The predicted octanol–water partition coefficient (Wildman–Crippen LogP) is 3.30. The van der Waals surface area contributed by atoms with E-state index in [1.54, 1.807) is 26.1 Å². The molecule has 1 aromatic carbocycles. The minimum atomic E-state index is -0.891. The number of nitrogens with one attached hydrogen (secondary N) is 1. The van der Waals surface area contributed by atoms with Crippen molar-refractivity contribution in [2.75, 3.05) is 12.4 Å². The minimum Gasteiger partial charge on any atom is -0.448 e. The highest BCUT2D eigenvalue weighted by atomic mass is 32.1. The van der Waals surface area contributed by atoms with Crippen molar-refractivity contribution in [3.8, 4) is 0 Å². The van der Waals surface area contributed by atoms with E-state index < -0.39 is 12.1 Å². The van der Waals surface area contributed by atoms with E-state index >= 15 is 0 Å². The summed E-state index contributed by atoms with van der Waals surface area (Å²) in [6.07, 6.45) is 0.947. The number of nitrogens with zero attached hydrogens (tertiary/aromatic N) is 1. The average Bonchev–Trinajstić information content (AvgIpc) is 3.41. The van der Waals surface area contributed by atoms with Crippen LogP contribution in [0.15, 0.2) is 42.5 Å². The number of anilines is 1. The Balaban J connectivity index is 1.52. The van der Waals surface area contributed by atoms with E-state index in [1.807, 2.05) is 30.3 Å². The number of thiophene rings is 1. The Morgan fingerprint density at radius 3 is 2.56 bits per heavy atom. The number of carbonyl (C=O) groups is 3. The fourth-order valence-electron chi connectivity index (χ4n) is 2.60. The lowest BCUT2D eigenvalue weighted by Crippen LogP contribution is -2.37. The first-order valence-corrected chi connectivity index (χ1v) is 9.66. The molecule has 1 atom stereocenters.